The molecule has 1 N–H and O–H groups in total. The van der Waals surface area contributed by atoms with Crippen LogP contribution in [0.1, 0.15) is 25.2 Å². The molecule has 0 amide bonds. The first kappa shape index (κ1) is 9.73. The lowest BCUT2D eigenvalue weighted by Crippen LogP contribution is -2.26. The van der Waals surface area contributed by atoms with Gasteiger partial charge in [-0.05, 0) is 12.1 Å². The molecular weight excluding hydrogens is 174 g/mol. The van der Waals surface area contributed by atoms with E-state index < -0.39 is 17.1 Å². The number of hydrogen-bond acceptors (Lipinski definition) is 4. The van der Waals surface area contributed by atoms with Gasteiger partial charge in [-0.25, -0.2) is 0 Å². The van der Waals surface area contributed by atoms with Gasteiger partial charge in [0.1, 0.15) is 5.76 Å². The first-order valence-corrected chi connectivity index (χ1v) is 4.01. The van der Waals surface area contributed by atoms with Crippen LogP contribution >= 0.6 is 0 Å². The van der Waals surface area contributed by atoms with Gasteiger partial charge < -0.3 is 9.52 Å². The fraction of sp³-hybridized carbons (Fsp3) is 0.500. The second kappa shape index (κ2) is 4.04. The Morgan fingerprint density at radius 2 is 2.46 bits per heavy atom. The summed E-state index contributed by atoms with van der Waals surface area (Å²) in [6.45, 7) is 1.65. The summed E-state index contributed by atoms with van der Waals surface area (Å²) >= 11 is 0. The molecule has 0 aromatic carbocycles. The van der Waals surface area contributed by atoms with E-state index >= 15 is 0 Å². The molecule has 0 unspecified atom stereocenters. The van der Waals surface area contributed by atoms with E-state index in [1.54, 1.807) is 13.0 Å². The summed E-state index contributed by atoms with van der Waals surface area (Å²) in [4.78, 5) is 9.98. The van der Waals surface area contributed by atoms with E-state index in [9.17, 15) is 15.2 Å². The molecule has 1 aromatic rings. The van der Waals surface area contributed by atoms with E-state index in [1.807, 2.05) is 0 Å². The van der Waals surface area contributed by atoms with Crippen LogP contribution in [0, 0.1) is 10.1 Å². The summed E-state index contributed by atoms with van der Waals surface area (Å²) in [5.74, 6) is 0.239. The lowest BCUT2D eigenvalue weighted by Gasteiger charge is -2.11. The Bertz CT molecular complexity index is 270. The predicted molar refractivity (Wildman–Crippen MR) is 44.7 cm³/mol. The molecule has 1 aromatic heterocycles. The van der Waals surface area contributed by atoms with Crippen LogP contribution in [0.15, 0.2) is 22.8 Å². The molecule has 0 radical (unpaired) electrons. The van der Waals surface area contributed by atoms with E-state index in [-0.39, 0.29) is 12.2 Å². The van der Waals surface area contributed by atoms with Crippen LogP contribution < -0.4 is 0 Å². The number of aliphatic hydroxyl groups excluding tert-OH is 1. The zero-order valence-electron chi connectivity index (χ0n) is 7.21. The van der Waals surface area contributed by atoms with E-state index in [2.05, 4.69) is 0 Å². The van der Waals surface area contributed by atoms with Crippen molar-refractivity contribution in [3.05, 3.63) is 34.3 Å². The molecule has 13 heavy (non-hydrogen) atoms. The highest BCUT2D eigenvalue weighted by Gasteiger charge is 2.30. The van der Waals surface area contributed by atoms with Crippen molar-refractivity contribution >= 4 is 0 Å². The lowest BCUT2D eigenvalue weighted by atomic mass is 10.1. The van der Waals surface area contributed by atoms with Crippen molar-refractivity contribution < 1.29 is 14.4 Å². The zero-order valence-corrected chi connectivity index (χ0v) is 7.21. The van der Waals surface area contributed by atoms with Gasteiger partial charge in [0, 0.05) is 11.3 Å². The van der Waals surface area contributed by atoms with E-state index in [4.69, 9.17) is 4.42 Å². The third-order valence-electron chi connectivity index (χ3n) is 1.89. The number of rotatable bonds is 4. The molecule has 0 spiro atoms. The summed E-state index contributed by atoms with van der Waals surface area (Å²) in [6, 6.07) is 2.12. The van der Waals surface area contributed by atoms with Gasteiger partial charge in [0.2, 0.25) is 6.04 Å². The van der Waals surface area contributed by atoms with Crippen LogP contribution in [0.2, 0.25) is 0 Å². The molecule has 0 saturated carbocycles. The van der Waals surface area contributed by atoms with Gasteiger partial charge in [-0.15, -0.1) is 0 Å². The third-order valence-corrected chi connectivity index (χ3v) is 1.89. The average Bonchev–Trinajstić information content (AvgIpc) is 2.56. The fourth-order valence-electron chi connectivity index (χ4n) is 1.14. The Morgan fingerprint density at radius 1 is 1.77 bits per heavy atom. The molecule has 0 aliphatic carbocycles. The van der Waals surface area contributed by atoms with E-state index in [1.165, 1.54) is 12.3 Å². The van der Waals surface area contributed by atoms with Gasteiger partial charge in [-0.2, -0.15) is 0 Å². The van der Waals surface area contributed by atoms with Crippen molar-refractivity contribution in [1.82, 2.24) is 0 Å². The first-order valence-electron chi connectivity index (χ1n) is 4.01. The molecule has 0 saturated heterocycles. The molecule has 1 rings (SSSR count). The van der Waals surface area contributed by atoms with E-state index in [0.717, 1.165) is 0 Å². The Labute approximate surface area is 75.1 Å². The zero-order chi connectivity index (χ0) is 9.84. The minimum absolute atomic E-state index is 0.239. The Hall–Kier alpha value is -1.36. The fourth-order valence-corrected chi connectivity index (χ4v) is 1.14. The molecule has 0 fully saturated rings. The topological polar surface area (TPSA) is 76.5 Å². The number of furan rings is 1. The van der Waals surface area contributed by atoms with Gasteiger partial charge in [0.05, 0.1) is 6.26 Å². The lowest BCUT2D eigenvalue weighted by molar-refractivity contribution is -0.536. The Kier molecular flexibility index (Phi) is 3.02. The highest BCUT2D eigenvalue weighted by molar-refractivity contribution is 5.03. The quantitative estimate of drug-likeness (QED) is 0.567. The molecule has 1 heterocycles. The minimum Gasteiger partial charge on any atom is -0.466 e. The van der Waals surface area contributed by atoms with Crippen molar-refractivity contribution in [3.8, 4) is 0 Å². The molecular formula is C8H11NO4. The van der Waals surface area contributed by atoms with Crippen molar-refractivity contribution in [2.45, 2.75) is 25.5 Å². The van der Waals surface area contributed by atoms with Crippen LogP contribution in [0.4, 0.5) is 0 Å². The van der Waals surface area contributed by atoms with Gasteiger partial charge in [0.15, 0.2) is 6.10 Å². The smallest absolute Gasteiger partial charge is 0.245 e. The minimum atomic E-state index is -1.16. The van der Waals surface area contributed by atoms with Gasteiger partial charge in [0.25, 0.3) is 0 Å². The second-order valence-corrected chi connectivity index (χ2v) is 2.72. The molecule has 0 aliphatic heterocycles. The van der Waals surface area contributed by atoms with E-state index in [0.29, 0.717) is 0 Å². The third kappa shape index (κ3) is 2.06. The summed E-state index contributed by atoms with van der Waals surface area (Å²) < 4.78 is 4.87. The number of nitro groups is 1. The number of nitrogens with zero attached hydrogens (tertiary/aromatic N) is 1. The van der Waals surface area contributed by atoms with Crippen LogP contribution in [0.25, 0.3) is 0 Å². The highest BCUT2D eigenvalue weighted by atomic mass is 16.6. The van der Waals surface area contributed by atoms with Crippen molar-refractivity contribution in [2.24, 2.45) is 0 Å². The monoisotopic (exact) mass is 185 g/mol. The van der Waals surface area contributed by atoms with Crippen molar-refractivity contribution in [3.63, 3.8) is 0 Å². The summed E-state index contributed by atoms with van der Waals surface area (Å²) in [5, 5.41) is 20.0. The summed E-state index contributed by atoms with van der Waals surface area (Å²) in [7, 11) is 0. The molecule has 0 bridgehead atoms. The Morgan fingerprint density at radius 3 is 2.85 bits per heavy atom. The van der Waals surface area contributed by atoms with Gasteiger partial charge >= 0.3 is 0 Å². The number of hydrogen-bond donors (Lipinski definition) is 1. The SMILES string of the molecule is CC[C@H]([C@@H](O)c1ccco1)[N+](=O)[O-]. The maximum Gasteiger partial charge on any atom is 0.245 e. The largest absolute Gasteiger partial charge is 0.466 e. The van der Waals surface area contributed by atoms with Crippen molar-refractivity contribution in [1.29, 1.82) is 0 Å². The molecule has 0 aliphatic rings. The number of aliphatic hydroxyl groups is 1. The Balaban J connectivity index is 2.76. The normalized spacial score (nSPS) is 15.2. The summed E-state index contributed by atoms with van der Waals surface area (Å²) in [6.07, 6.45) is 0.495. The standard InChI is InChI=1S/C8H11NO4/c1-2-6(9(11)12)8(10)7-4-3-5-13-7/h3-6,8,10H,2H2,1H3/t6-,8-/m1/s1. The van der Waals surface area contributed by atoms with Crippen molar-refractivity contribution in [2.75, 3.05) is 0 Å². The van der Waals surface area contributed by atoms with Gasteiger partial charge in [-0.3, -0.25) is 10.1 Å². The predicted octanol–water partition coefficient (Wildman–Crippen LogP) is 1.37. The van der Waals surface area contributed by atoms with Crippen LogP contribution in [0.3, 0.4) is 0 Å². The van der Waals surface area contributed by atoms with Gasteiger partial charge in [-0.1, -0.05) is 6.92 Å². The molecule has 2 atom stereocenters. The molecule has 5 heteroatoms. The average molecular weight is 185 g/mol. The second-order valence-electron chi connectivity index (χ2n) is 2.72. The van der Waals surface area contributed by atoms with Crippen LogP contribution in [0.5, 0.6) is 0 Å². The molecule has 5 nitrogen and oxygen atoms in total. The maximum absolute atomic E-state index is 10.5. The highest BCUT2D eigenvalue weighted by Crippen LogP contribution is 2.20. The molecule has 72 valence electrons. The van der Waals surface area contributed by atoms with Crippen LogP contribution in [-0.4, -0.2) is 16.1 Å². The first-order chi connectivity index (χ1) is 6.16. The summed E-state index contributed by atoms with van der Waals surface area (Å²) in [5.41, 5.74) is 0. The van der Waals surface area contributed by atoms with Crippen LogP contribution in [-0.2, 0) is 0 Å². The maximum atomic E-state index is 10.5.